The number of amides is 1. The largest absolute Gasteiger partial charge is 0.341 e. The number of benzene rings is 1. The van der Waals surface area contributed by atoms with Crippen LogP contribution in [0.4, 0.5) is 0 Å². The van der Waals surface area contributed by atoms with Crippen LogP contribution in [0.5, 0.6) is 0 Å². The first-order valence-corrected chi connectivity index (χ1v) is 8.62. The first kappa shape index (κ1) is 16.7. The van der Waals surface area contributed by atoms with Crippen LogP contribution in [-0.2, 0) is 13.6 Å². The highest BCUT2D eigenvalue weighted by Gasteiger charge is 2.23. The van der Waals surface area contributed by atoms with Gasteiger partial charge < -0.3 is 4.90 Å². The monoisotopic (exact) mass is 326 g/mol. The van der Waals surface area contributed by atoms with Crippen molar-refractivity contribution in [2.75, 3.05) is 26.7 Å². The second-order valence-corrected chi connectivity index (χ2v) is 6.79. The molecule has 1 aromatic carbocycles. The number of carbonyl (C=O) groups excluding carboxylic acids is 1. The van der Waals surface area contributed by atoms with E-state index in [-0.39, 0.29) is 5.91 Å². The zero-order valence-corrected chi connectivity index (χ0v) is 14.6. The van der Waals surface area contributed by atoms with Crippen LogP contribution in [0, 0.1) is 5.92 Å². The summed E-state index contributed by atoms with van der Waals surface area (Å²) in [6, 6.07) is 10.6. The van der Waals surface area contributed by atoms with Gasteiger partial charge in [-0.1, -0.05) is 30.3 Å². The van der Waals surface area contributed by atoms with Crippen molar-refractivity contribution in [1.29, 1.82) is 0 Å². The predicted molar refractivity (Wildman–Crippen MR) is 94.6 cm³/mol. The molecular weight excluding hydrogens is 300 g/mol. The minimum atomic E-state index is 0.0646. The third-order valence-corrected chi connectivity index (χ3v) is 4.79. The van der Waals surface area contributed by atoms with Gasteiger partial charge in [0.2, 0.25) is 0 Å². The molecule has 0 spiro atoms. The molecule has 0 unspecified atom stereocenters. The second-order valence-electron chi connectivity index (χ2n) is 6.79. The first-order chi connectivity index (χ1) is 11.6. The summed E-state index contributed by atoms with van der Waals surface area (Å²) in [7, 11) is 3.73. The van der Waals surface area contributed by atoms with Gasteiger partial charge in [-0.2, -0.15) is 5.10 Å². The molecule has 1 aliphatic rings. The maximum absolute atomic E-state index is 12.4. The Morgan fingerprint density at radius 1 is 1.25 bits per heavy atom. The fourth-order valence-electron chi connectivity index (χ4n) is 3.39. The molecule has 1 aromatic heterocycles. The Kier molecular flexibility index (Phi) is 5.30. The second kappa shape index (κ2) is 7.62. The summed E-state index contributed by atoms with van der Waals surface area (Å²) in [6.45, 7) is 4.06. The Bertz CT molecular complexity index is 659. The van der Waals surface area contributed by atoms with E-state index in [4.69, 9.17) is 0 Å². The van der Waals surface area contributed by atoms with Crippen molar-refractivity contribution in [3.63, 3.8) is 0 Å². The molecule has 1 amide bonds. The molecule has 5 nitrogen and oxygen atoms in total. The molecule has 0 radical (unpaired) electrons. The lowest BCUT2D eigenvalue weighted by Crippen LogP contribution is -2.39. The summed E-state index contributed by atoms with van der Waals surface area (Å²) in [6.07, 6.45) is 5.72. The summed E-state index contributed by atoms with van der Waals surface area (Å²) in [5, 5.41) is 4.08. The Morgan fingerprint density at radius 3 is 2.58 bits per heavy atom. The molecule has 0 atom stereocenters. The highest BCUT2D eigenvalue weighted by Crippen LogP contribution is 2.20. The lowest BCUT2D eigenvalue weighted by Gasteiger charge is -2.33. The maximum atomic E-state index is 12.4. The van der Waals surface area contributed by atoms with E-state index in [1.807, 2.05) is 19.0 Å². The highest BCUT2D eigenvalue weighted by atomic mass is 16.2. The number of nitrogens with zero attached hydrogens (tertiary/aromatic N) is 4. The highest BCUT2D eigenvalue weighted by molar-refractivity contribution is 5.93. The number of hydrogen-bond donors (Lipinski definition) is 0. The summed E-state index contributed by atoms with van der Waals surface area (Å²) >= 11 is 0. The van der Waals surface area contributed by atoms with Crippen molar-refractivity contribution in [1.82, 2.24) is 19.6 Å². The fourth-order valence-corrected chi connectivity index (χ4v) is 3.39. The number of aromatic nitrogens is 2. The molecule has 0 saturated carbocycles. The van der Waals surface area contributed by atoms with E-state index < -0.39 is 0 Å². The normalized spacial score (nSPS) is 16.2. The zero-order chi connectivity index (χ0) is 16.9. The smallest absolute Gasteiger partial charge is 0.256 e. The number of rotatable bonds is 5. The van der Waals surface area contributed by atoms with Crippen LogP contribution in [0.2, 0.25) is 0 Å². The third kappa shape index (κ3) is 4.23. The Labute approximate surface area is 143 Å². The summed E-state index contributed by atoms with van der Waals surface area (Å²) in [4.78, 5) is 16.7. The Balaban J connectivity index is 1.46. The lowest BCUT2D eigenvalue weighted by atomic mass is 9.95. The van der Waals surface area contributed by atoms with E-state index in [1.165, 1.54) is 5.56 Å². The van der Waals surface area contributed by atoms with Gasteiger partial charge in [-0.05, 0) is 37.4 Å². The average molecular weight is 326 g/mol. The van der Waals surface area contributed by atoms with E-state index >= 15 is 0 Å². The molecule has 24 heavy (non-hydrogen) atoms. The van der Waals surface area contributed by atoms with Crippen LogP contribution in [-0.4, -0.2) is 52.2 Å². The summed E-state index contributed by atoms with van der Waals surface area (Å²) < 4.78 is 1.67. The summed E-state index contributed by atoms with van der Waals surface area (Å²) in [5.74, 6) is 0.650. The van der Waals surface area contributed by atoms with Gasteiger partial charge in [0, 0.05) is 33.4 Å². The van der Waals surface area contributed by atoms with Gasteiger partial charge in [0.15, 0.2) is 0 Å². The third-order valence-electron chi connectivity index (χ3n) is 4.79. The molecule has 0 N–H and O–H groups in total. The van der Waals surface area contributed by atoms with Crippen molar-refractivity contribution in [3.8, 4) is 0 Å². The molecule has 1 fully saturated rings. The van der Waals surface area contributed by atoms with E-state index in [0.29, 0.717) is 11.5 Å². The van der Waals surface area contributed by atoms with Gasteiger partial charge in [-0.25, -0.2) is 0 Å². The van der Waals surface area contributed by atoms with E-state index in [1.54, 1.807) is 17.1 Å². The van der Waals surface area contributed by atoms with E-state index in [2.05, 4.69) is 40.3 Å². The molecule has 5 heteroatoms. The molecule has 0 aliphatic carbocycles. The minimum Gasteiger partial charge on any atom is -0.341 e. The molecule has 3 rings (SSSR count). The van der Waals surface area contributed by atoms with Gasteiger partial charge in [0.05, 0.1) is 11.8 Å². The molecule has 2 heterocycles. The van der Waals surface area contributed by atoms with Crippen molar-refractivity contribution in [3.05, 3.63) is 53.9 Å². The van der Waals surface area contributed by atoms with Crippen LogP contribution in [0.25, 0.3) is 0 Å². The average Bonchev–Trinajstić information content (AvgIpc) is 3.03. The van der Waals surface area contributed by atoms with Crippen molar-refractivity contribution in [2.45, 2.75) is 19.4 Å². The van der Waals surface area contributed by atoms with Crippen LogP contribution >= 0.6 is 0 Å². The maximum Gasteiger partial charge on any atom is 0.256 e. The van der Waals surface area contributed by atoms with Crippen molar-refractivity contribution >= 4 is 5.91 Å². The molecule has 0 bridgehead atoms. The number of hydrogen-bond acceptors (Lipinski definition) is 3. The number of piperidine rings is 1. The van der Waals surface area contributed by atoms with Crippen molar-refractivity contribution < 1.29 is 4.79 Å². The zero-order valence-electron chi connectivity index (χ0n) is 14.6. The lowest BCUT2D eigenvalue weighted by molar-refractivity contribution is 0.0737. The first-order valence-electron chi connectivity index (χ1n) is 8.62. The van der Waals surface area contributed by atoms with Gasteiger partial charge in [0.25, 0.3) is 5.91 Å². The van der Waals surface area contributed by atoms with E-state index in [9.17, 15) is 4.79 Å². The number of likely N-dealkylation sites (tertiary alicyclic amines) is 1. The Hall–Kier alpha value is -2.14. The van der Waals surface area contributed by atoms with Gasteiger partial charge in [-0.15, -0.1) is 0 Å². The molecule has 2 aromatic rings. The quantitative estimate of drug-likeness (QED) is 0.847. The van der Waals surface area contributed by atoms with Gasteiger partial charge in [0.1, 0.15) is 0 Å². The molecule has 128 valence electrons. The molecular formula is C19H26N4O. The fraction of sp³-hybridized carbons (Fsp3) is 0.474. The molecule has 1 aliphatic heterocycles. The van der Waals surface area contributed by atoms with E-state index in [0.717, 1.165) is 39.0 Å². The molecule has 1 saturated heterocycles. The Morgan fingerprint density at radius 2 is 1.96 bits per heavy atom. The van der Waals surface area contributed by atoms with Crippen LogP contribution in [0.15, 0.2) is 42.7 Å². The van der Waals surface area contributed by atoms with Crippen LogP contribution in [0.3, 0.4) is 0 Å². The van der Waals surface area contributed by atoms with Gasteiger partial charge in [-0.3, -0.25) is 14.4 Å². The SMILES string of the molecule is CN(CC1CCN(Cc2ccccc2)CC1)C(=O)c1cnn(C)c1. The number of carbonyl (C=O) groups is 1. The topological polar surface area (TPSA) is 41.4 Å². The van der Waals surface area contributed by atoms with Crippen molar-refractivity contribution in [2.24, 2.45) is 13.0 Å². The van der Waals surface area contributed by atoms with Gasteiger partial charge >= 0.3 is 0 Å². The number of aryl methyl sites for hydroxylation is 1. The standard InChI is InChI=1S/C19H26N4O/c1-21(19(24)18-12-20-22(2)15-18)13-17-8-10-23(11-9-17)14-16-6-4-3-5-7-16/h3-7,12,15,17H,8-11,13-14H2,1-2H3. The minimum absolute atomic E-state index is 0.0646. The van der Waals surface area contributed by atoms with Crippen LogP contribution in [0.1, 0.15) is 28.8 Å². The van der Waals surface area contributed by atoms with Crippen LogP contribution < -0.4 is 0 Å². The summed E-state index contributed by atoms with van der Waals surface area (Å²) in [5.41, 5.74) is 2.04. The predicted octanol–water partition coefficient (Wildman–Crippen LogP) is 2.40.